The molecule has 0 amide bonds. The summed E-state index contributed by atoms with van der Waals surface area (Å²) in [5.41, 5.74) is 6.63. The highest BCUT2D eigenvalue weighted by atomic mass is 79.9. The van der Waals surface area contributed by atoms with Gasteiger partial charge in [0.05, 0.1) is 6.10 Å². The molecule has 3 atom stereocenters. The second-order valence-electron chi connectivity index (χ2n) is 6.01. The molecule has 1 aromatic rings. The van der Waals surface area contributed by atoms with Gasteiger partial charge in [-0.25, -0.2) is 0 Å². The van der Waals surface area contributed by atoms with E-state index in [1.54, 1.807) is 0 Å². The quantitative estimate of drug-likeness (QED) is 0.819. The maximum Gasteiger partial charge on any atom is 0.0873 e. The van der Waals surface area contributed by atoms with E-state index in [-0.39, 0.29) is 5.41 Å². The molecular formula is C16H23BrClNO. The van der Waals surface area contributed by atoms with Crippen LogP contribution >= 0.6 is 27.5 Å². The zero-order valence-electron chi connectivity index (χ0n) is 11.9. The molecule has 112 valence electrons. The molecule has 0 radical (unpaired) electrons. The van der Waals surface area contributed by atoms with Crippen molar-refractivity contribution in [3.05, 3.63) is 33.3 Å². The summed E-state index contributed by atoms with van der Waals surface area (Å²) in [4.78, 5) is 0. The van der Waals surface area contributed by atoms with Crippen LogP contribution in [0.3, 0.4) is 0 Å². The van der Waals surface area contributed by atoms with Crippen molar-refractivity contribution in [1.82, 2.24) is 0 Å². The third kappa shape index (κ3) is 3.22. The van der Waals surface area contributed by atoms with Gasteiger partial charge >= 0.3 is 0 Å². The molecule has 4 heteroatoms. The minimum atomic E-state index is -0.591. The van der Waals surface area contributed by atoms with Crippen molar-refractivity contribution >= 4 is 27.5 Å². The molecule has 1 fully saturated rings. The minimum absolute atomic E-state index is 0.233. The first-order chi connectivity index (χ1) is 9.52. The van der Waals surface area contributed by atoms with Crippen molar-refractivity contribution in [2.24, 2.45) is 17.1 Å². The Labute approximate surface area is 134 Å². The maximum absolute atomic E-state index is 10.9. The predicted octanol–water partition coefficient (Wildman–Crippen LogP) is 4.68. The molecule has 3 N–H and O–H groups in total. The highest BCUT2D eigenvalue weighted by molar-refractivity contribution is 9.10. The van der Waals surface area contributed by atoms with Crippen molar-refractivity contribution in [2.45, 2.75) is 45.1 Å². The van der Waals surface area contributed by atoms with Crippen LogP contribution < -0.4 is 5.73 Å². The average Bonchev–Trinajstić information content (AvgIpc) is 2.48. The van der Waals surface area contributed by atoms with Gasteiger partial charge in [0.2, 0.25) is 0 Å². The second kappa shape index (κ2) is 6.78. The molecule has 0 saturated heterocycles. The van der Waals surface area contributed by atoms with E-state index in [1.807, 2.05) is 18.2 Å². The minimum Gasteiger partial charge on any atom is -0.388 e. The number of hydrogen-bond donors (Lipinski definition) is 2. The van der Waals surface area contributed by atoms with Gasteiger partial charge in [-0.1, -0.05) is 53.7 Å². The monoisotopic (exact) mass is 359 g/mol. The van der Waals surface area contributed by atoms with Crippen LogP contribution in [0.15, 0.2) is 22.7 Å². The number of rotatable bonds is 4. The van der Waals surface area contributed by atoms with Gasteiger partial charge in [-0.2, -0.15) is 0 Å². The Morgan fingerprint density at radius 1 is 1.55 bits per heavy atom. The summed E-state index contributed by atoms with van der Waals surface area (Å²) in [6.07, 6.45) is 4.91. The van der Waals surface area contributed by atoms with Gasteiger partial charge in [0, 0.05) is 27.0 Å². The topological polar surface area (TPSA) is 46.2 Å². The summed E-state index contributed by atoms with van der Waals surface area (Å²) < 4.78 is 0.936. The van der Waals surface area contributed by atoms with E-state index < -0.39 is 6.10 Å². The van der Waals surface area contributed by atoms with Crippen LogP contribution in [-0.2, 0) is 0 Å². The predicted molar refractivity (Wildman–Crippen MR) is 87.8 cm³/mol. The summed E-state index contributed by atoms with van der Waals surface area (Å²) in [5.74, 6) is 0.660. The molecule has 0 aliphatic heterocycles. The Kier molecular flexibility index (Phi) is 5.52. The average molecular weight is 361 g/mol. The van der Waals surface area contributed by atoms with Crippen LogP contribution in [0.5, 0.6) is 0 Å². The molecule has 1 saturated carbocycles. The fraction of sp³-hybridized carbons (Fsp3) is 0.625. The van der Waals surface area contributed by atoms with Crippen molar-refractivity contribution in [3.8, 4) is 0 Å². The molecule has 0 aromatic heterocycles. The number of hydrogen-bond acceptors (Lipinski definition) is 2. The van der Waals surface area contributed by atoms with Crippen molar-refractivity contribution in [3.63, 3.8) is 0 Å². The van der Waals surface area contributed by atoms with Crippen LogP contribution in [0, 0.1) is 11.3 Å². The highest BCUT2D eigenvalue weighted by Gasteiger charge is 2.42. The Morgan fingerprint density at radius 2 is 2.30 bits per heavy atom. The van der Waals surface area contributed by atoms with Crippen molar-refractivity contribution < 1.29 is 5.11 Å². The molecule has 2 rings (SSSR count). The van der Waals surface area contributed by atoms with Crippen LogP contribution in [0.1, 0.15) is 50.7 Å². The largest absolute Gasteiger partial charge is 0.388 e. The fourth-order valence-electron chi connectivity index (χ4n) is 3.47. The number of aliphatic hydroxyl groups is 1. The third-order valence-electron chi connectivity index (χ3n) is 4.80. The molecular weight excluding hydrogens is 338 g/mol. The molecule has 20 heavy (non-hydrogen) atoms. The lowest BCUT2D eigenvalue weighted by atomic mass is 9.64. The van der Waals surface area contributed by atoms with E-state index in [0.29, 0.717) is 17.5 Å². The zero-order valence-corrected chi connectivity index (χ0v) is 14.3. The molecule has 0 spiro atoms. The first-order valence-corrected chi connectivity index (χ1v) is 8.52. The van der Waals surface area contributed by atoms with Crippen LogP contribution in [0.25, 0.3) is 0 Å². The van der Waals surface area contributed by atoms with Gasteiger partial charge in [0.1, 0.15) is 0 Å². The van der Waals surface area contributed by atoms with E-state index in [0.717, 1.165) is 35.7 Å². The summed E-state index contributed by atoms with van der Waals surface area (Å²) in [7, 11) is 0. The van der Waals surface area contributed by atoms with E-state index in [2.05, 4.69) is 22.9 Å². The lowest BCUT2D eigenvalue weighted by Gasteiger charge is -2.43. The molecule has 1 aliphatic carbocycles. The van der Waals surface area contributed by atoms with Gasteiger partial charge in [-0.15, -0.1) is 0 Å². The normalized spacial score (nSPS) is 28.4. The van der Waals surface area contributed by atoms with Crippen molar-refractivity contribution in [2.75, 3.05) is 6.54 Å². The highest BCUT2D eigenvalue weighted by Crippen LogP contribution is 2.49. The van der Waals surface area contributed by atoms with Gasteiger partial charge in [-0.05, 0) is 37.0 Å². The Balaban J connectivity index is 2.32. The summed E-state index contributed by atoms with van der Waals surface area (Å²) >= 11 is 9.73. The smallest absolute Gasteiger partial charge is 0.0873 e. The van der Waals surface area contributed by atoms with Gasteiger partial charge in [-0.3, -0.25) is 0 Å². The first kappa shape index (κ1) is 16.3. The fourth-order valence-corrected chi connectivity index (χ4v) is 4.07. The molecule has 1 aromatic carbocycles. The lowest BCUT2D eigenvalue weighted by Crippen LogP contribution is -2.41. The second-order valence-corrected chi connectivity index (χ2v) is 7.33. The van der Waals surface area contributed by atoms with Crippen LogP contribution in [0.4, 0.5) is 0 Å². The molecule has 0 bridgehead atoms. The zero-order chi connectivity index (χ0) is 14.8. The Hall–Kier alpha value is -0.0900. The standard InChI is InChI=1S/C16H23BrClNO/c1-2-11-4-3-7-16(9-11,10-19)15(20)13-8-12(17)5-6-14(13)18/h5-6,8,11,15,20H,2-4,7,9-10,19H2,1H3. The van der Waals surface area contributed by atoms with Gasteiger partial charge in [0.15, 0.2) is 0 Å². The third-order valence-corrected chi connectivity index (χ3v) is 5.64. The number of aliphatic hydroxyl groups excluding tert-OH is 1. The summed E-state index contributed by atoms with van der Waals surface area (Å²) in [6.45, 7) is 2.73. The van der Waals surface area contributed by atoms with E-state index in [1.165, 1.54) is 6.42 Å². The lowest BCUT2D eigenvalue weighted by molar-refractivity contribution is -0.0161. The van der Waals surface area contributed by atoms with E-state index >= 15 is 0 Å². The SMILES string of the molecule is CCC1CCCC(CN)(C(O)c2cc(Br)ccc2Cl)C1. The maximum atomic E-state index is 10.9. The van der Waals surface area contributed by atoms with Gasteiger partial charge < -0.3 is 10.8 Å². The Bertz CT molecular complexity index is 468. The number of benzene rings is 1. The first-order valence-electron chi connectivity index (χ1n) is 7.35. The number of nitrogens with two attached hydrogens (primary N) is 1. The summed E-state index contributed by atoms with van der Waals surface area (Å²) in [6, 6.07) is 5.64. The van der Waals surface area contributed by atoms with Crippen molar-refractivity contribution in [1.29, 1.82) is 0 Å². The van der Waals surface area contributed by atoms with E-state index in [9.17, 15) is 5.11 Å². The van der Waals surface area contributed by atoms with Crippen LogP contribution in [0.2, 0.25) is 5.02 Å². The van der Waals surface area contributed by atoms with E-state index in [4.69, 9.17) is 17.3 Å². The van der Waals surface area contributed by atoms with Crippen LogP contribution in [-0.4, -0.2) is 11.7 Å². The Morgan fingerprint density at radius 3 is 2.95 bits per heavy atom. The molecule has 2 nitrogen and oxygen atoms in total. The number of halogens is 2. The molecule has 1 aliphatic rings. The molecule has 0 heterocycles. The molecule has 3 unspecified atom stereocenters. The summed E-state index contributed by atoms with van der Waals surface area (Å²) in [5, 5.41) is 11.5. The van der Waals surface area contributed by atoms with Gasteiger partial charge in [0.25, 0.3) is 0 Å².